The number of Topliss-reactive ketones (excluding diaryl/α,β-unsaturated/α-hetero) is 1. The van der Waals surface area contributed by atoms with Crippen molar-refractivity contribution in [2.24, 2.45) is 11.8 Å². The Morgan fingerprint density at radius 3 is 1.45 bits per heavy atom. The number of carbonyl (C=O) groups is 1. The molecule has 0 amide bonds. The van der Waals surface area contributed by atoms with Crippen molar-refractivity contribution >= 4 is 5.78 Å². The summed E-state index contributed by atoms with van der Waals surface area (Å²) in [7, 11) is 0. The summed E-state index contributed by atoms with van der Waals surface area (Å²) in [6, 6.07) is 20.8. The van der Waals surface area contributed by atoms with Gasteiger partial charge in [0.05, 0.1) is 0 Å². The molecule has 1 nitrogen and oxygen atoms in total. The van der Waals surface area contributed by atoms with Gasteiger partial charge in [-0.25, -0.2) is 0 Å². The van der Waals surface area contributed by atoms with E-state index in [0.717, 1.165) is 25.7 Å². The Morgan fingerprint density at radius 2 is 1.09 bits per heavy atom. The van der Waals surface area contributed by atoms with E-state index in [1.54, 1.807) is 0 Å². The minimum atomic E-state index is 0.144. The molecule has 0 unspecified atom stereocenters. The predicted octanol–water partition coefficient (Wildman–Crippen LogP) is 5.09. The molecule has 1 heteroatoms. The zero-order valence-corrected chi connectivity index (χ0v) is 13.7. The van der Waals surface area contributed by atoms with E-state index in [4.69, 9.17) is 0 Å². The highest BCUT2D eigenvalue weighted by Gasteiger charge is 2.19. The van der Waals surface area contributed by atoms with Gasteiger partial charge in [-0.05, 0) is 36.8 Å². The van der Waals surface area contributed by atoms with E-state index < -0.39 is 0 Å². The molecule has 0 aliphatic rings. The second-order valence-corrected chi connectivity index (χ2v) is 6.25. The molecule has 2 atom stereocenters. The largest absolute Gasteiger partial charge is 0.299 e. The van der Waals surface area contributed by atoms with Crippen LogP contribution in [0.2, 0.25) is 0 Å². The van der Waals surface area contributed by atoms with Crippen molar-refractivity contribution in [1.29, 1.82) is 0 Å². The number of benzene rings is 2. The van der Waals surface area contributed by atoms with Gasteiger partial charge in [0.1, 0.15) is 5.78 Å². The third kappa shape index (κ3) is 5.14. The van der Waals surface area contributed by atoms with Gasteiger partial charge in [-0.15, -0.1) is 0 Å². The van der Waals surface area contributed by atoms with Gasteiger partial charge in [-0.3, -0.25) is 4.79 Å². The lowest BCUT2D eigenvalue weighted by atomic mass is 9.87. The number of ketones is 1. The van der Waals surface area contributed by atoms with Gasteiger partial charge in [0.15, 0.2) is 0 Å². The van der Waals surface area contributed by atoms with Gasteiger partial charge >= 0.3 is 0 Å². The van der Waals surface area contributed by atoms with Crippen molar-refractivity contribution < 1.29 is 4.79 Å². The van der Waals surface area contributed by atoms with Crippen LogP contribution in [0, 0.1) is 11.8 Å². The number of hydrogen-bond donors (Lipinski definition) is 0. The number of hydrogen-bond acceptors (Lipinski definition) is 1. The van der Waals surface area contributed by atoms with Crippen molar-refractivity contribution in [2.75, 3.05) is 0 Å². The Labute approximate surface area is 134 Å². The second-order valence-electron chi connectivity index (χ2n) is 6.25. The Hall–Kier alpha value is -1.89. The summed E-state index contributed by atoms with van der Waals surface area (Å²) in [4.78, 5) is 12.5. The molecule has 0 spiro atoms. The van der Waals surface area contributed by atoms with Gasteiger partial charge in [-0.2, -0.15) is 0 Å². The van der Waals surface area contributed by atoms with Gasteiger partial charge in [0.2, 0.25) is 0 Å². The lowest BCUT2D eigenvalue weighted by Crippen LogP contribution is -2.20. The molecule has 22 heavy (non-hydrogen) atoms. The highest BCUT2D eigenvalue weighted by molar-refractivity contribution is 5.82. The summed E-state index contributed by atoms with van der Waals surface area (Å²) < 4.78 is 0. The van der Waals surface area contributed by atoms with Crippen molar-refractivity contribution in [3.05, 3.63) is 71.8 Å². The normalized spacial score (nSPS) is 13.5. The standard InChI is InChI=1S/C21H26O/c1-17(13-15-19-9-5-3-6-10-19)21(22)18(2)14-16-20-11-7-4-8-12-20/h3-12,17-18H,13-16H2,1-2H3/t17-,18+. The lowest BCUT2D eigenvalue weighted by molar-refractivity contribution is -0.126. The van der Waals surface area contributed by atoms with Gasteiger partial charge in [-0.1, -0.05) is 74.5 Å². The highest BCUT2D eigenvalue weighted by Crippen LogP contribution is 2.18. The minimum absolute atomic E-state index is 0.144. The maximum Gasteiger partial charge on any atom is 0.138 e. The molecular weight excluding hydrogens is 268 g/mol. The molecule has 0 aliphatic heterocycles. The SMILES string of the molecule is C[C@H](CCc1ccccc1)C(=O)[C@@H](C)CCc1ccccc1. The zero-order valence-electron chi connectivity index (χ0n) is 13.7. The zero-order chi connectivity index (χ0) is 15.8. The second kappa shape index (κ2) is 8.53. The fourth-order valence-corrected chi connectivity index (χ4v) is 2.83. The maximum atomic E-state index is 12.5. The first kappa shape index (κ1) is 16.5. The van der Waals surface area contributed by atoms with Gasteiger partial charge < -0.3 is 0 Å². The van der Waals surface area contributed by atoms with E-state index in [9.17, 15) is 4.79 Å². The first-order chi connectivity index (χ1) is 10.7. The molecule has 116 valence electrons. The smallest absolute Gasteiger partial charge is 0.138 e. The van der Waals surface area contributed by atoms with Crippen LogP contribution in [0.15, 0.2) is 60.7 Å². The van der Waals surface area contributed by atoms with Crippen LogP contribution in [0.5, 0.6) is 0 Å². The van der Waals surface area contributed by atoms with Crippen LogP contribution in [0.4, 0.5) is 0 Å². The summed E-state index contributed by atoms with van der Waals surface area (Å²) >= 11 is 0. The molecule has 0 saturated carbocycles. The first-order valence-corrected chi connectivity index (χ1v) is 8.28. The van der Waals surface area contributed by atoms with Crippen molar-refractivity contribution in [3.8, 4) is 0 Å². The van der Waals surface area contributed by atoms with Crippen LogP contribution in [0.1, 0.15) is 37.8 Å². The maximum absolute atomic E-state index is 12.5. The van der Waals surface area contributed by atoms with Crippen molar-refractivity contribution in [1.82, 2.24) is 0 Å². The predicted molar refractivity (Wildman–Crippen MR) is 92.9 cm³/mol. The summed E-state index contributed by atoms with van der Waals surface area (Å²) in [5.74, 6) is 0.698. The molecule has 0 N–H and O–H groups in total. The van der Waals surface area contributed by atoms with E-state index in [1.807, 2.05) is 12.1 Å². The monoisotopic (exact) mass is 294 g/mol. The third-order valence-corrected chi connectivity index (χ3v) is 4.39. The van der Waals surface area contributed by atoms with Gasteiger partial charge in [0.25, 0.3) is 0 Å². The minimum Gasteiger partial charge on any atom is -0.299 e. The van der Waals surface area contributed by atoms with Crippen LogP contribution in [-0.4, -0.2) is 5.78 Å². The molecule has 2 aromatic carbocycles. The fourth-order valence-electron chi connectivity index (χ4n) is 2.83. The fraction of sp³-hybridized carbons (Fsp3) is 0.381. The molecular formula is C21H26O. The Balaban J connectivity index is 1.77. The van der Waals surface area contributed by atoms with Crippen LogP contribution in [0.25, 0.3) is 0 Å². The summed E-state index contributed by atoms with van der Waals surface area (Å²) in [5, 5.41) is 0. The van der Waals surface area contributed by atoms with Gasteiger partial charge in [0, 0.05) is 11.8 Å². The Bertz CT molecular complexity index is 507. The van der Waals surface area contributed by atoms with E-state index in [0.29, 0.717) is 5.78 Å². The first-order valence-electron chi connectivity index (χ1n) is 8.28. The summed E-state index contributed by atoms with van der Waals surface area (Å²) in [5.41, 5.74) is 2.64. The number of aryl methyl sites for hydroxylation is 2. The lowest BCUT2D eigenvalue weighted by Gasteiger charge is -2.16. The molecule has 0 heterocycles. The molecule has 0 fully saturated rings. The van der Waals surface area contributed by atoms with E-state index in [2.05, 4.69) is 62.4 Å². The van der Waals surface area contributed by atoms with E-state index >= 15 is 0 Å². The molecule has 0 aromatic heterocycles. The van der Waals surface area contributed by atoms with Crippen LogP contribution in [-0.2, 0) is 17.6 Å². The van der Waals surface area contributed by atoms with Crippen molar-refractivity contribution in [2.45, 2.75) is 39.5 Å². The average Bonchev–Trinajstić information content (AvgIpc) is 2.58. The molecule has 0 saturated heterocycles. The van der Waals surface area contributed by atoms with Crippen molar-refractivity contribution in [3.63, 3.8) is 0 Å². The third-order valence-electron chi connectivity index (χ3n) is 4.39. The summed E-state index contributed by atoms with van der Waals surface area (Å²) in [6.45, 7) is 4.15. The van der Waals surface area contributed by atoms with Crippen LogP contribution < -0.4 is 0 Å². The van der Waals surface area contributed by atoms with Crippen LogP contribution >= 0.6 is 0 Å². The Morgan fingerprint density at radius 1 is 0.727 bits per heavy atom. The number of rotatable bonds is 8. The topological polar surface area (TPSA) is 17.1 Å². The molecule has 2 aromatic rings. The quantitative estimate of drug-likeness (QED) is 0.662. The van der Waals surface area contributed by atoms with E-state index in [1.165, 1.54) is 11.1 Å². The molecule has 0 radical (unpaired) electrons. The molecule has 0 aliphatic carbocycles. The highest BCUT2D eigenvalue weighted by atomic mass is 16.1. The Kier molecular flexibility index (Phi) is 6.39. The van der Waals surface area contributed by atoms with Crippen LogP contribution in [0.3, 0.4) is 0 Å². The average molecular weight is 294 g/mol. The van der Waals surface area contributed by atoms with E-state index in [-0.39, 0.29) is 11.8 Å². The summed E-state index contributed by atoms with van der Waals surface area (Å²) in [6.07, 6.45) is 3.86. The molecule has 2 rings (SSSR count). The molecule has 0 bridgehead atoms. The number of carbonyl (C=O) groups excluding carboxylic acids is 1.